The Morgan fingerprint density at radius 3 is 2.53 bits per heavy atom. The Kier molecular flexibility index (Phi) is 3.30. The number of carbonyl (C=O) groups excluding carboxylic acids is 1. The van der Waals surface area contributed by atoms with Crippen molar-refractivity contribution in [1.82, 2.24) is 0 Å². The van der Waals surface area contributed by atoms with Crippen molar-refractivity contribution < 1.29 is 22.7 Å². The Labute approximate surface area is 108 Å². The van der Waals surface area contributed by atoms with E-state index in [9.17, 15) is 18.0 Å². The quantitative estimate of drug-likeness (QED) is 0.858. The van der Waals surface area contributed by atoms with Gasteiger partial charge < -0.3 is 10.5 Å². The number of ether oxygens (including phenoxy) is 1. The van der Waals surface area contributed by atoms with Crippen LogP contribution in [0.4, 0.5) is 13.2 Å². The van der Waals surface area contributed by atoms with Crippen LogP contribution in [0, 0.1) is 5.92 Å². The largest absolute Gasteiger partial charge is 0.573 e. The average molecular weight is 273 g/mol. The monoisotopic (exact) mass is 273 g/mol. The average Bonchev–Trinajstić information content (AvgIpc) is 3.09. The number of ketones is 1. The third-order valence-electron chi connectivity index (χ3n) is 3.24. The van der Waals surface area contributed by atoms with Crippen LogP contribution in [0.3, 0.4) is 0 Å². The molecule has 0 spiro atoms. The molecule has 1 atom stereocenters. The van der Waals surface area contributed by atoms with Gasteiger partial charge in [-0.15, -0.1) is 13.2 Å². The van der Waals surface area contributed by atoms with E-state index in [-0.39, 0.29) is 17.3 Å². The number of carbonyl (C=O) groups is 1. The molecule has 1 aliphatic carbocycles. The van der Waals surface area contributed by atoms with E-state index in [2.05, 4.69) is 4.74 Å². The predicted molar refractivity (Wildman–Crippen MR) is 62.8 cm³/mol. The normalized spacial score (nSPS) is 18.8. The van der Waals surface area contributed by atoms with Gasteiger partial charge in [0.1, 0.15) is 5.75 Å². The summed E-state index contributed by atoms with van der Waals surface area (Å²) in [6, 6.07) is 5.01. The smallest absolute Gasteiger partial charge is 0.406 e. The van der Waals surface area contributed by atoms with Gasteiger partial charge in [-0.2, -0.15) is 0 Å². The van der Waals surface area contributed by atoms with Gasteiger partial charge in [0.2, 0.25) is 0 Å². The molecule has 1 aliphatic rings. The maximum atomic E-state index is 12.2. The Morgan fingerprint density at radius 1 is 1.37 bits per heavy atom. The number of rotatable bonds is 4. The maximum absolute atomic E-state index is 12.2. The van der Waals surface area contributed by atoms with E-state index in [0.717, 1.165) is 25.0 Å². The highest BCUT2D eigenvalue weighted by Gasteiger charge is 2.44. The first kappa shape index (κ1) is 13.9. The van der Waals surface area contributed by atoms with Gasteiger partial charge in [0, 0.05) is 5.56 Å². The van der Waals surface area contributed by atoms with Gasteiger partial charge in [0.15, 0.2) is 5.78 Å². The van der Waals surface area contributed by atoms with Gasteiger partial charge in [-0.25, -0.2) is 0 Å². The lowest BCUT2D eigenvalue weighted by atomic mass is 9.87. The number of halogens is 3. The van der Waals surface area contributed by atoms with Crippen molar-refractivity contribution in [1.29, 1.82) is 0 Å². The van der Waals surface area contributed by atoms with Crippen molar-refractivity contribution in [2.24, 2.45) is 11.7 Å². The lowest BCUT2D eigenvalue weighted by Crippen LogP contribution is -2.47. The minimum atomic E-state index is -4.77. The van der Waals surface area contributed by atoms with Crippen LogP contribution in [-0.2, 0) is 0 Å². The molecule has 19 heavy (non-hydrogen) atoms. The third kappa shape index (κ3) is 3.26. The summed E-state index contributed by atoms with van der Waals surface area (Å²) in [5.74, 6) is -0.667. The summed E-state index contributed by atoms with van der Waals surface area (Å²) in [4.78, 5) is 12.2. The molecule has 0 bridgehead atoms. The van der Waals surface area contributed by atoms with Crippen LogP contribution in [0.25, 0.3) is 0 Å². The van der Waals surface area contributed by atoms with Crippen LogP contribution in [0.5, 0.6) is 5.75 Å². The fraction of sp³-hybridized carbons (Fsp3) is 0.462. The highest BCUT2D eigenvalue weighted by Crippen LogP contribution is 2.40. The van der Waals surface area contributed by atoms with E-state index in [1.54, 1.807) is 6.92 Å². The molecule has 1 saturated carbocycles. The molecule has 0 amide bonds. The van der Waals surface area contributed by atoms with E-state index >= 15 is 0 Å². The molecular weight excluding hydrogens is 259 g/mol. The summed E-state index contributed by atoms with van der Waals surface area (Å²) in [6.07, 6.45) is -3.03. The highest BCUT2D eigenvalue weighted by molar-refractivity contribution is 6.03. The third-order valence-corrected chi connectivity index (χ3v) is 3.24. The van der Waals surface area contributed by atoms with E-state index in [4.69, 9.17) is 5.73 Å². The van der Waals surface area contributed by atoms with Gasteiger partial charge in [0.05, 0.1) is 5.54 Å². The SMILES string of the molecule is CC(N)(C(=O)c1cccc(OC(F)(F)F)c1)C1CC1. The number of benzene rings is 1. The van der Waals surface area contributed by atoms with Gasteiger partial charge in [0.25, 0.3) is 0 Å². The number of hydrogen-bond donors (Lipinski definition) is 1. The van der Waals surface area contributed by atoms with E-state index in [1.807, 2.05) is 0 Å². The van der Waals surface area contributed by atoms with Crippen LogP contribution in [0.2, 0.25) is 0 Å². The topological polar surface area (TPSA) is 52.3 Å². The molecule has 0 aromatic heterocycles. The Morgan fingerprint density at radius 2 is 2.00 bits per heavy atom. The van der Waals surface area contributed by atoms with Gasteiger partial charge >= 0.3 is 6.36 Å². The van der Waals surface area contributed by atoms with Crippen LogP contribution >= 0.6 is 0 Å². The molecule has 1 fully saturated rings. The van der Waals surface area contributed by atoms with Crippen LogP contribution in [-0.4, -0.2) is 17.7 Å². The zero-order valence-electron chi connectivity index (χ0n) is 10.3. The molecule has 2 N–H and O–H groups in total. The summed E-state index contributed by atoms with van der Waals surface area (Å²) in [7, 11) is 0. The zero-order valence-corrected chi connectivity index (χ0v) is 10.3. The lowest BCUT2D eigenvalue weighted by Gasteiger charge is -2.23. The Hall–Kier alpha value is -1.56. The van der Waals surface area contributed by atoms with E-state index < -0.39 is 17.7 Å². The molecule has 6 heteroatoms. The molecular formula is C13H14F3NO2. The second kappa shape index (κ2) is 4.52. The summed E-state index contributed by atoms with van der Waals surface area (Å²) in [6.45, 7) is 1.62. The minimum Gasteiger partial charge on any atom is -0.406 e. The second-order valence-corrected chi connectivity index (χ2v) is 4.96. The maximum Gasteiger partial charge on any atom is 0.573 e. The lowest BCUT2D eigenvalue weighted by molar-refractivity contribution is -0.274. The van der Waals surface area contributed by atoms with Crippen LogP contribution in [0.1, 0.15) is 30.1 Å². The summed E-state index contributed by atoms with van der Waals surface area (Å²) in [5.41, 5.74) is 5.07. The predicted octanol–water partition coefficient (Wildman–Crippen LogP) is 2.90. The van der Waals surface area contributed by atoms with Crippen LogP contribution in [0.15, 0.2) is 24.3 Å². The standard InChI is InChI=1S/C13H14F3NO2/c1-12(17,9-5-6-9)11(18)8-3-2-4-10(7-8)19-13(14,15)16/h2-4,7,9H,5-6,17H2,1H3. The molecule has 2 rings (SSSR count). The fourth-order valence-corrected chi connectivity index (χ4v) is 2.01. The summed E-state index contributed by atoms with van der Waals surface area (Å²) in [5, 5.41) is 0. The first-order valence-corrected chi connectivity index (χ1v) is 5.89. The van der Waals surface area contributed by atoms with E-state index in [1.165, 1.54) is 12.1 Å². The van der Waals surface area contributed by atoms with Crippen molar-refractivity contribution in [3.63, 3.8) is 0 Å². The molecule has 0 heterocycles. The van der Waals surface area contributed by atoms with Crippen molar-refractivity contribution in [2.45, 2.75) is 31.7 Å². The molecule has 0 saturated heterocycles. The summed E-state index contributed by atoms with van der Waals surface area (Å²) >= 11 is 0. The molecule has 1 unspecified atom stereocenters. The molecule has 3 nitrogen and oxygen atoms in total. The molecule has 0 radical (unpaired) electrons. The minimum absolute atomic E-state index is 0.104. The van der Waals surface area contributed by atoms with Crippen molar-refractivity contribution >= 4 is 5.78 Å². The number of nitrogens with two attached hydrogens (primary N) is 1. The van der Waals surface area contributed by atoms with E-state index in [0.29, 0.717) is 0 Å². The van der Waals surface area contributed by atoms with Gasteiger partial charge in [-0.1, -0.05) is 12.1 Å². The molecule has 104 valence electrons. The number of Topliss-reactive ketones (excluding diaryl/α,β-unsaturated/α-hetero) is 1. The number of alkyl halides is 3. The first-order valence-electron chi connectivity index (χ1n) is 5.89. The van der Waals surface area contributed by atoms with Crippen molar-refractivity contribution in [2.75, 3.05) is 0 Å². The van der Waals surface area contributed by atoms with Crippen molar-refractivity contribution in [3.05, 3.63) is 29.8 Å². The van der Waals surface area contributed by atoms with Gasteiger partial charge in [-0.3, -0.25) is 4.79 Å². The summed E-state index contributed by atoms with van der Waals surface area (Å²) < 4.78 is 40.1. The zero-order chi connectivity index (χ0) is 14.3. The molecule has 1 aromatic carbocycles. The highest BCUT2D eigenvalue weighted by atomic mass is 19.4. The van der Waals surface area contributed by atoms with Crippen molar-refractivity contribution in [3.8, 4) is 5.75 Å². The van der Waals surface area contributed by atoms with Crippen LogP contribution < -0.4 is 10.5 Å². The Bertz CT molecular complexity index is 493. The molecule has 0 aliphatic heterocycles. The molecule has 1 aromatic rings. The fourth-order valence-electron chi connectivity index (χ4n) is 2.01. The second-order valence-electron chi connectivity index (χ2n) is 4.96. The number of hydrogen-bond acceptors (Lipinski definition) is 3. The van der Waals surface area contributed by atoms with Gasteiger partial charge in [-0.05, 0) is 37.8 Å². The first-order chi connectivity index (χ1) is 8.70. The Balaban J connectivity index is 2.21.